The largest absolute Gasteiger partial charge is 0.380 e. The van der Waals surface area contributed by atoms with Gasteiger partial charge in [0, 0.05) is 18.2 Å². The van der Waals surface area contributed by atoms with E-state index in [9.17, 15) is 10.1 Å². The maximum absolute atomic E-state index is 10.6. The molecule has 1 unspecified atom stereocenters. The van der Waals surface area contributed by atoms with E-state index >= 15 is 0 Å². The highest BCUT2D eigenvalue weighted by atomic mass is 35.5. The van der Waals surface area contributed by atoms with Gasteiger partial charge in [0.1, 0.15) is 0 Å². The molecule has 0 heterocycles. The van der Waals surface area contributed by atoms with Gasteiger partial charge in [-0.2, -0.15) is 0 Å². The SMILES string of the molecule is CCCC(C)Nc1c(Cl)cc([N+](=O)[O-])cc1Cl. The monoisotopic (exact) mass is 276 g/mol. The van der Waals surface area contributed by atoms with Crippen molar-refractivity contribution in [2.24, 2.45) is 0 Å². The Morgan fingerprint density at radius 3 is 2.35 bits per heavy atom. The minimum atomic E-state index is -0.517. The maximum atomic E-state index is 10.6. The third kappa shape index (κ3) is 3.75. The summed E-state index contributed by atoms with van der Waals surface area (Å²) in [7, 11) is 0. The summed E-state index contributed by atoms with van der Waals surface area (Å²) in [6.07, 6.45) is 2.01. The van der Waals surface area contributed by atoms with Gasteiger partial charge in [0.25, 0.3) is 5.69 Å². The average Bonchev–Trinajstić information content (AvgIpc) is 2.23. The van der Waals surface area contributed by atoms with Gasteiger partial charge in [-0.15, -0.1) is 0 Å². The average molecular weight is 277 g/mol. The molecule has 1 N–H and O–H groups in total. The summed E-state index contributed by atoms with van der Waals surface area (Å²) < 4.78 is 0. The van der Waals surface area contributed by atoms with E-state index in [0.717, 1.165) is 12.8 Å². The van der Waals surface area contributed by atoms with Crippen LogP contribution in [0.15, 0.2) is 12.1 Å². The van der Waals surface area contributed by atoms with Crippen molar-refractivity contribution >= 4 is 34.6 Å². The Kier molecular flexibility index (Phi) is 5.02. The second-order valence-corrected chi connectivity index (χ2v) is 4.69. The topological polar surface area (TPSA) is 55.2 Å². The van der Waals surface area contributed by atoms with Crippen LogP contribution in [0.1, 0.15) is 26.7 Å². The summed E-state index contributed by atoms with van der Waals surface area (Å²) in [5, 5.41) is 14.3. The number of hydrogen-bond acceptors (Lipinski definition) is 3. The molecule has 0 aromatic heterocycles. The van der Waals surface area contributed by atoms with Gasteiger partial charge in [0.2, 0.25) is 0 Å². The van der Waals surface area contributed by atoms with Crippen LogP contribution in [-0.4, -0.2) is 11.0 Å². The minimum Gasteiger partial charge on any atom is -0.380 e. The van der Waals surface area contributed by atoms with Crippen LogP contribution in [0.3, 0.4) is 0 Å². The molecule has 0 aliphatic rings. The molecule has 0 saturated heterocycles. The van der Waals surface area contributed by atoms with Gasteiger partial charge in [-0.25, -0.2) is 0 Å². The zero-order valence-electron chi connectivity index (χ0n) is 9.67. The van der Waals surface area contributed by atoms with Crippen LogP contribution in [-0.2, 0) is 0 Å². The van der Waals surface area contributed by atoms with Crippen molar-refractivity contribution in [2.75, 3.05) is 5.32 Å². The lowest BCUT2D eigenvalue weighted by Crippen LogP contribution is -2.15. The fraction of sp³-hybridized carbons (Fsp3) is 0.455. The molecule has 6 heteroatoms. The van der Waals surface area contributed by atoms with Crippen molar-refractivity contribution in [1.82, 2.24) is 0 Å². The number of benzene rings is 1. The molecule has 0 bridgehead atoms. The van der Waals surface area contributed by atoms with Gasteiger partial charge in [0.05, 0.1) is 20.7 Å². The molecular formula is C11H14Cl2N2O2. The van der Waals surface area contributed by atoms with E-state index in [1.165, 1.54) is 12.1 Å². The van der Waals surface area contributed by atoms with E-state index in [-0.39, 0.29) is 21.8 Å². The summed E-state index contributed by atoms with van der Waals surface area (Å²) in [6.45, 7) is 4.09. The zero-order valence-corrected chi connectivity index (χ0v) is 11.2. The molecule has 0 saturated carbocycles. The van der Waals surface area contributed by atoms with Gasteiger partial charge >= 0.3 is 0 Å². The van der Waals surface area contributed by atoms with Crippen LogP contribution in [0.5, 0.6) is 0 Å². The molecule has 0 fully saturated rings. The van der Waals surface area contributed by atoms with Crippen molar-refractivity contribution in [3.05, 3.63) is 32.3 Å². The van der Waals surface area contributed by atoms with Crippen molar-refractivity contribution in [1.29, 1.82) is 0 Å². The van der Waals surface area contributed by atoms with Gasteiger partial charge in [-0.1, -0.05) is 36.5 Å². The number of rotatable bonds is 5. The van der Waals surface area contributed by atoms with Crippen molar-refractivity contribution < 1.29 is 4.92 Å². The zero-order chi connectivity index (χ0) is 13.0. The van der Waals surface area contributed by atoms with Crippen molar-refractivity contribution in [2.45, 2.75) is 32.7 Å². The van der Waals surface area contributed by atoms with Gasteiger partial charge in [-0.3, -0.25) is 10.1 Å². The minimum absolute atomic E-state index is 0.103. The standard InChI is InChI=1S/C11H14Cl2N2O2/c1-3-4-7(2)14-11-9(12)5-8(15(16)17)6-10(11)13/h5-7,14H,3-4H2,1-2H3. The highest BCUT2D eigenvalue weighted by molar-refractivity contribution is 6.39. The fourth-order valence-electron chi connectivity index (χ4n) is 1.55. The molecule has 94 valence electrons. The Morgan fingerprint density at radius 2 is 1.94 bits per heavy atom. The molecule has 1 atom stereocenters. The molecule has 17 heavy (non-hydrogen) atoms. The van der Waals surface area contributed by atoms with E-state index in [4.69, 9.17) is 23.2 Å². The fourth-order valence-corrected chi connectivity index (χ4v) is 2.14. The Bertz CT molecular complexity index is 401. The lowest BCUT2D eigenvalue weighted by Gasteiger charge is -2.16. The Balaban J connectivity index is 2.97. The van der Waals surface area contributed by atoms with Crippen LogP contribution in [0.25, 0.3) is 0 Å². The molecular weight excluding hydrogens is 263 g/mol. The van der Waals surface area contributed by atoms with Crippen molar-refractivity contribution in [3.63, 3.8) is 0 Å². The van der Waals surface area contributed by atoms with E-state index in [1.54, 1.807) is 0 Å². The van der Waals surface area contributed by atoms with Crippen LogP contribution in [0, 0.1) is 10.1 Å². The number of nitro groups is 1. The maximum Gasteiger partial charge on any atom is 0.272 e. The van der Waals surface area contributed by atoms with Crippen LogP contribution < -0.4 is 5.32 Å². The van der Waals surface area contributed by atoms with Crippen LogP contribution >= 0.6 is 23.2 Å². The second-order valence-electron chi connectivity index (χ2n) is 3.88. The molecule has 0 aliphatic carbocycles. The van der Waals surface area contributed by atoms with E-state index < -0.39 is 4.92 Å². The highest BCUT2D eigenvalue weighted by Crippen LogP contribution is 2.35. The van der Waals surface area contributed by atoms with Gasteiger partial charge in [0.15, 0.2) is 0 Å². The number of non-ortho nitro benzene ring substituents is 1. The third-order valence-electron chi connectivity index (χ3n) is 2.35. The first kappa shape index (κ1) is 14.1. The lowest BCUT2D eigenvalue weighted by atomic mass is 10.2. The number of halogens is 2. The summed E-state index contributed by atoms with van der Waals surface area (Å²) in [5.74, 6) is 0. The molecule has 1 aromatic carbocycles. The Labute approximate surface area is 110 Å². The van der Waals surface area contributed by atoms with E-state index in [1.807, 2.05) is 6.92 Å². The molecule has 0 spiro atoms. The summed E-state index contributed by atoms with van der Waals surface area (Å²) >= 11 is 11.9. The summed E-state index contributed by atoms with van der Waals surface area (Å²) in [4.78, 5) is 10.1. The predicted molar refractivity (Wildman–Crippen MR) is 71.1 cm³/mol. The molecule has 1 aromatic rings. The van der Waals surface area contributed by atoms with Crippen molar-refractivity contribution in [3.8, 4) is 0 Å². The quantitative estimate of drug-likeness (QED) is 0.636. The second kappa shape index (κ2) is 6.07. The normalized spacial score (nSPS) is 12.2. The highest BCUT2D eigenvalue weighted by Gasteiger charge is 2.15. The lowest BCUT2D eigenvalue weighted by molar-refractivity contribution is -0.384. The molecule has 0 radical (unpaired) electrons. The summed E-state index contributed by atoms with van der Waals surface area (Å²) in [6, 6.07) is 2.82. The molecule has 4 nitrogen and oxygen atoms in total. The molecule has 0 aliphatic heterocycles. The van der Waals surface area contributed by atoms with Gasteiger partial charge < -0.3 is 5.32 Å². The predicted octanol–water partition coefficient (Wildman–Crippen LogP) is 4.50. The van der Waals surface area contributed by atoms with E-state index in [2.05, 4.69) is 12.2 Å². The molecule has 1 rings (SSSR count). The number of nitrogens with one attached hydrogen (secondary N) is 1. The smallest absolute Gasteiger partial charge is 0.272 e. The third-order valence-corrected chi connectivity index (χ3v) is 2.95. The van der Waals surface area contributed by atoms with E-state index in [0.29, 0.717) is 5.69 Å². The first-order chi connectivity index (χ1) is 7.95. The first-order valence-electron chi connectivity index (χ1n) is 5.35. The summed E-state index contributed by atoms with van der Waals surface area (Å²) in [5.41, 5.74) is 0.452. The Morgan fingerprint density at radius 1 is 1.41 bits per heavy atom. The van der Waals surface area contributed by atoms with Gasteiger partial charge in [-0.05, 0) is 13.3 Å². The van der Waals surface area contributed by atoms with Crippen LogP contribution in [0.4, 0.5) is 11.4 Å². The molecule has 0 amide bonds. The Hall–Kier alpha value is -1.00. The number of nitrogens with zero attached hydrogens (tertiary/aromatic N) is 1. The first-order valence-corrected chi connectivity index (χ1v) is 6.11. The van der Waals surface area contributed by atoms with Crippen LogP contribution in [0.2, 0.25) is 10.0 Å². The number of hydrogen-bond donors (Lipinski definition) is 1. The number of anilines is 1. The number of nitro benzene ring substituents is 1.